The number of aromatic nitrogens is 3. The third-order valence-corrected chi connectivity index (χ3v) is 2.88. The Labute approximate surface area is 124 Å². The number of aryl methyl sites for hydroxylation is 1. The Morgan fingerprint density at radius 3 is 2.67 bits per heavy atom. The van der Waals surface area contributed by atoms with Gasteiger partial charge in [-0.25, -0.2) is 0 Å². The molecular weight excluding hydrogens is 270 g/mol. The third kappa shape index (κ3) is 3.84. The molecule has 0 amide bonds. The fraction of sp³-hybridized carbons (Fsp3) is 0.500. The van der Waals surface area contributed by atoms with Gasteiger partial charge in [0, 0.05) is 26.2 Å². The van der Waals surface area contributed by atoms with Gasteiger partial charge in [0.25, 0.3) is 0 Å². The summed E-state index contributed by atoms with van der Waals surface area (Å²) < 4.78 is 10.9. The highest BCUT2D eigenvalue weighted by molar-refractivity contribution is 5.38. The van der Waals surface area contributed by atoms with Crippen LogP contribution in [0.4, 0.5) is 11.9 Å². The van der Waals surface area contributed by atoms with Gasteiger partial charge in [-0.15, -0.1) is 0 Å². The highest BCUT2D eigenvalue weighted by Crippen LogP contribution is 2.18. The molecule has 0 atom stereocenters. The molecule has 0 aromatic carbocycles. The normalized spacial score (nSPS) is 10.8. The zero-order valence-corrected chi connectivity index (χ0v) is 13.0. The van der Waals surface area contributed by atoms with Crippen molar-refractivity contribution in [2.24, 2.45) is 0 Å². The molecule has 114 valence electrons. The summed E-state index contributed by atoms with van der Waals surface area (Å²) >= 11 is 0. The highest BCUT2D eigenvalue weighted by atomic mass is 16.5. The van der Waals surface area contributed by atoms with E-state index in [2.05, 4.69) is 20.3 Å². The first-order valence-corrected chi connectivity index (χ1v) is 6.84. The van der Waals surface area contributed by atoms with E-state index in [1.807, 2.05) is 38.8 Å². The first-order chi connectivity index (χ1) is 9.99. The summed E-state index contributed by atoms with van der Waals surface area (Å²) in [5.41, 5.74) is 1.09. The average molecular weight is 291 g/mol. The van der Waals surface area contributed by atoms with Crippen LogP contribution in [0.15, 0.2) is 16.7 Å². The predicted molar refractivity (Wildman–Crippen MR) is 80.7 cm³/mol. The van der Waals surface area contributed by atoms with Crippen molar-refractivity contribution in [1.82, 2.24) is 15.0 Å². The molecule has 2 heterocycles. The van der Waals surface area contributed by atoms with Crippen LogP contribution < -0.4 is 15.0 Å². The van der Waals surface area contributed by atoms with Gasteiger partial charge in [0.05, 0.1) is 12.4 Å². The third-order valence-electron chi connectivity index (χ3n) is 2.88. The number of ether oxygens (including phenoxy) is 1. The van der Waals surface area contributed by atoms with Gasteiger partial charge < -0.3 is 19.4 Å². The van der Waals surface area contributed by atoms with E-state index in [0.717, 1.165) is 11.3 Å². The van der Waals surface area contributed by atoms with Crippen LogP contribution in [0.1, 0.15) is 25.2 Å². The molecule has 0 saturated carbocycles. The molecule has 0 unspecified atom stereocenters. The molecule has 0 spiro atoms. The second kappa shape index (κ2) is 6.43. The van der Waals surface area contributed by atoms with Gasteiger partial charge >= 0.3 is 6.01 Å². The van der Waals surface area contributed by atoms with Crippen molar-refractivity contribution < 1.29 is 9.15 Å². The van der Waals surface area contributed by atoms with Crippen molar-refractivity contribution in [1.29, 1.82) is 0 Å². The number of hydrogen-bond acceptors (Lipinski definition) is 7. The maximum Gasteiger partial charge on any atom is 0.323 e. The van der Waals surface area contributed by atoms with E-state index in [-0.39, 0.29) is 6.10 Å². The topological polar surface area (TPSA) is 76.3 Å². The van der Waals surface area contributed by atoms with E-state index in [9.17, 15) is 0 Å². The molecule has 0 aliphatic carbocycles. The van der Waals surface area contributed by atoms with Crippen molar-refractivity contribution in [2.75, 3.05) is 24.3 Å². The Morgan fingerprint density at radius 2 is 2.10 bits per heavy atom. The molecule has 2 rings (SSSR count). The van der Waals surface area contributed by atoms with Crippen LogP contribution in [-0.2, 0) is 6.54 Å². The van der Waals surface area contributed by atoms with Gasteiger partial charge in [-0.1, -0.05) is 0 Å². The molecule has 0 saturated heterocycles. The predicted octanol–water partition coefficient (Wildman–Crippen LogP) is 2.24. The van der Waals surface area contributed by atoms with E-state index in [4.69, 9.17) is 9.15 Å². The van der Waals surface area contributed by atoms with E-state index in [1.165, 1.54) is 0 Å². The van der Waals surface area contributed by atoms with E-state index in [0.29, 0.717) is 24.5 Å². The van der Waals surface area contributed by atoms with Crippen molar-refractivity contribution >= 4 is 11.9 Å². The van der Waals surface area contributed by atoms with E-state index >= 15 is 0 Å². The van der Waals surface area contributed by atoms with Crippen molar-refractivity contribution in [3.63, 3.8) is 0 Å². The fourth-order valence-electron chi connectivity index (χ4n) is 1.79. The van der Waals surface area contributed by atoms with Crippen LogP contribution in [0.3, 0.4) is 0 Å². The van der Waals surface area contributed by atoms with E-state index in [1.54, 1.807) is 13.3 Å². The number of hydrogen-bond donors (Lipinski definition) is 1. The molecule has 0 radical (unpaired) electrons. The fourth-order valence-corrected chi connectivity index (χ4v) is 1.79. The lowest BCUT2D eigenvalue weighted by Crippen LogP contribution is -2.21. The zero-order chi connectivity index (χ0) is 15.4. The van der Waals surface area contributed by atoms with Crippen molar-refractivity contribution in [3.05, 3.63) is 23.7 Å². The second-order valence-corrected chi connectivity index (χ2v) is 5.02. The Morgan fingerprint density at radius 1 is 1.33 bits per heavy atom. The number of anilines is 2. The van der Waals surface area contributed by atoms with Gasteiger partial charge in [0.15, 0.2) is 0 Å². The van der Waals surface area contributed by atoms with Gasteiger partial charge in [-0.05, 0) is 26.8 Å². The number of nitrogens with zero attached hydrogens (tertiary/aromatic N) is 4. The van der Waals surface area contributed by atoms with Crippen molar-refractivity contribution in [3.8, 4) is 6.01 Å². The highest BCUT2D eigenvalue weighted by Gasteiger charge is 2.13. The maximum absolute atomic E-state index is 5.56. The van der Waals surface area contributed by atoms with Crippen LogP contribution in [0.25, 0.3) is 0 Å². The smallest absolute Gasteiger partial charge is 0.323 e. The SMILES string of the molecule is CNc1nc(OC(C)C)nc(N(C)Cc2ccoc2C)n1. The summed E-state index contributed by atoms with van der Waals surface area (Å²) in [5.74, 6) is 1.92. The number of furan rings is 1. The first kappa shape index (κ1) is 15.1. The molecule has 2 aromatic heterocycles. The molecule has 0 fully saturated rings. The first-order valence-electron chi connectivity index (χ1n) is 6.84. The van der Waals surface area contributed by atoms with Gasteiger partial charge in [0.2, 0.25) is 11.9 Å². The standard InChI is InChI=1S/C14H21N5O2/c1-9(2)21-14-17-12(15-4)16-13(18-14)19(5)8-11-6-7-20-10(11)3/h6-7,9H,8H2,1-5H3,(H,15,16,17,18). The molecule has 21 heavy (non-hydrogen) atoms. The Bertz CT molecular complexity index is 597. The minimum atomic E-state index is 0.00591. The number of nitrogens with one attached hydrogen (secondary N) is 1. The summed E-state index contributed by atoms with van der Waals surface area (Å²) in [7, 11) is 3.68. The Kier molecular flexibility index (Phi) is 4.62. The Balaban J connectivity index is 2.22. The van der Waals surface area contributed by atoms with Gasteiger partial charge in [0.1, 0.15) is 5.76 Å². The molecule has 0 aliphatic rings. The molecule has 2 aromatic rings. The largest absolute Gasteiger partial charge is 0.469 e. The average Bonchev–Trinajstić information content (AvgIpc) is 2.83. The lowest BCUT2D eigenvalue weighted by Gasteiger charge is -2.18. The summed E-state index contributed by atoms with van der Waals surface area (Å²) in [4.78, 5) is 14.8. The maximum atomic E-state index is 5.56. The van der Waals surface area contributed by atoms with Crippen LogP contribution >= 0.6 is 0 Å². The van der Waals surface area contributed by atoms with Crippen LogP contribution in [0.5, 0.6) is 6.01 Å². The monoisotopic (exact) mass is 291 g/mol. The van der Waals surface area contributed by atoms with Crippen LogP contribution in [0, 0.1) is 6.92 Å². The molecular formula is C14H21N5O2. The Hall–Kier alpha value is -2.31. The minimum absolute atomic E-state index is 0.00591. The second-order valence-electron chi connectivity index (χ2n) is 5.02. The quantitative estimate of drug-likeness (QED) is 0.874. The molecule has 0 aliphatic heterocycles. The lowest BCUT2D eigenvalue weighted by atomic mass is 10.2. The minimum Gasteiger partial charge on any atom is -0.469 e. The lowest BCUT2D eigenvalue weighted by molar-refractivity contribution is 0.222. The van der Waals surface area contributed by atoms with Crippen LogP contribution in [-0.4, -0.2) is 35.2 Å². The summed E-state index contributed by atoms with van der Waals surface area (Å²) in [6.45, 7) is 6.45. The van der Waals surface area contributed by atoms with Gasteiger partial charge in [-0.3, -0.25) is 0 Å². The van der Waals surface area contributed by atoms with Crippen molar-refractivity contribution in [2.45, 2.75) is 33.4 Å². The van der Waals surface area contributed by atoms with E-state index < -0.39 is 0 Å². The summed E-state index contributed by atoms with van der Waals surface area (Å²) in [6.07, 6.45) is 1.68. The molecule has 1 N–H and O–H groups in total. The molecule has 7 heteroatoms. The van der Waals surface area contributed by atoms with Gasteiger partial charge in [-0.2, -0.15) is 15.0 Å². The molecule has 7 nitrogen and oxygen atoms in total. The molecule has 0 bridgehead atoms. The van der Waals surface area contributed by atoms with Crippen LogP contribution in [0.2, 0.25) is 0 Å². The zero-order valence-electron chi connectivity index (χ0n) is 13.0. The summed E-state index contributed by atoms with van der Waals surface area (Å²) in [6, 6.07) is 2.26. The summed E-state index contributed by atoms with van der Waals surface area (Å²) in [5, 5.41) is 2.92. The number of rotatable bonds is 6.